The van der Waals surface area contributed by atoms with Gasteiger partial charge in [-0.05, 0) is 232 Å². The molecule has 4 aliphatic carbocycles. The molecule has 4 fully saturated rings. The number of ether oxygens (including phenoxy) is 8. The fourth-order valence-electron chi connectivity index (χ4n) is 17.4. The number of urea groups is 1. The lowest BCUT2D eigenvalue weighted by Gasteiger charge is -2.54. The van der Waals surface area contributed by atoms with E-state index < -0.39 is 189 Å². The molecule has 15 rings (SSSR count). The van der Waals surface area contributed by atoms with E-state index in [9.17, 15) is 54.6 Å². The van der Waals surface area contributed by atoms with Gasteiger partial charge in [0.15, 0.2) is 23.0 Å². The molecule has 5 heterocycles. The lowest BCUT2D eigenvalue weighted by Crippen LogP contribution is -2.59. The maximum Gasteiger partial charge on any atom is 0.410 e. The number of hydrogen-bond acceptors (Lipinski definition) is 27. The van der Waals surface area contributed by atoms with Crippen LogP contribution in [0.2, 0.25) is 5.02 Å². The van der Waals surface area contributed by atoms with E-state index in [1.54, 1.807) is 62.3 Å². The van der Waals surface area contributed by atoms with Gasteiger partial charge in [-0.15, -0.1) is 0 Å². The molecule has 0 saturated heterocycles. The minimum absolute atomic E-state index is 0.0422. The summed E-state index contributed by atoms with van der Waals surface area (Å²) in [5.74, 6) is -13.7. The first kappa shape index (κ1) is 101. The van der Waals surface area contributed by atoms with Crippen LogP contribution in [0.5, 0.6) is 63.2 Å². The van der Waals surface area contributed by atoms with Gasteiger partial charge in [0.05, 0.1) is 42.8 Å². The molecule has 15 bridgehead atoms. The summed E-state index contributed by atoms with van der Waals surface area (Å²) >= 11 is 7.08. The standard InChI is InChI=1S/C95H120ClN13O26/c1-45(2)29-60(97-13)82(117)105-76-78(114)50-18-21-64(46(3)30-50)131-66-38-54-39-67(80(66)116)132-65-22-19-51(37-59(65)96)79(115)77-88(123)104-75(86(121)101-72-52-32-47-31-48(34-52)35-53(72)33-47)58-42-56(110)43-63(112)71(58)57-36-49(17-20-62(57)111)73(84(119)106-77)103-85(120)74(54)102-83(118)61(99-87(76)122)44-70(113)100-89(124)98-55-40-68(128-26-23-107(14)90(125)133-93(4,5)6)81(130-28-25-109(16)92(127)135-95(10,11)12)69(41-55)129-27-24-108(15)91(126)134-94(7,8)9/h17-22,30,36-43,45,47-48,52-53,60-61,72-79,97,110-112,114-116H,23-29,31-35,44H2,1-16H3,(H,99,122)(H,101,121)(H,102,118)(H,103,120)(H,104,123)(H,105,117)(H,106,119)(H2,98,100,113,124)/t47?,48?,52?,53?,60-,61+,72?,73-,74-,75+,76-,77+,78-,79-/m1/s1. The third kappa shape index (κ3) is 25.0. The van der Waals surface area contributed by atoms with Gasteiger partial charge >= 0.3 is 24.3 Å². The summed E-state index contributed by atoms with van der Waals surface area (Å²) in [6.07, 6.45) is -2.97. The summed E-state index contributed by atoms with van der Waals surface area (Å²) in [5.41, 5.74) is -4.57. The first-order chi connectivity index (χ1) is 63.4. The zero-order valence-electron chi connectivity index (χ0n) is 78.1. The van der Waals surface area contributed by atoms with E-state index >= 15 is 33.6 Å². The van der Waals surface area contributed by atoms with Crippen molar-refractivity contribution in [3.05, 3.63) is 129 Å². The van der Waals surface area contributed by atoms with Gasteiger partial charge in [-0.1, -0.05) is 43.6 Å². The Hall–Kier alpha value is -13.3. The van der Waals surface area contributed by atoms with Crippen LogP contribution in [-0.2, 0) is 52.6 Å². The first-order valence-electron chi connectivity index (χ1n) is 44.6. The Bertz CT molecular complexity index is 5450. The zero-order chi connectivity index (χ0) is 98.5. The zero-order valence-corrected chi connectivity index (χ0v) is 78.8. The smallest absolute Gasteiger partial charge is 0.410 e. The van der Waals surface area contributed by atoms with Crippen molar-refractivity contribution in [2.24, 2.45) is 29.6 Å². The number of carbonyl (C=O) groups excluding carboxylic acids is 12. The van der Waals surface area contributed by atoms with Crippen molar-refractivity contribution in [1.29, 1.82) is 0 Å². The molecule has 16 N–H and O–H groups in total. The number of benzene rings is 6. The monoisotopic (exact) mass is 1890 g/mol. The first-order valence-corrected chi connectivity index (χ1v) is 45.0. The minimum atomic E-state index is -2.35. The number of phenols is 4. The average molecular weight is 1900 g/mol. The number of rotatable bonds is 22. The quantitative estimate of drug-likeness (QED) is 0.0281. The highest BCUT2D eigenvalue weighted by molar-refractivity contribution is 6.32. The number of imide groups is 1. The number of phenolic OH excluding ortho intramolecular Hbond substituents is 4. The molecule has 135 heavy (non-hydrogen) atoms. The summed E-state index contributed by atoms with van der Waals surface area (Å²) in [6, 6.07) is 1.87. The molecule has 0 spiro atoms. The lowest BCUT2D eigenvalue weighted by molar-refractivity contribution is -0.138. The van der Waals surface area contributed by atoms with E-state index in [1.807, 2.05) is 13.8 Å². The number of aryl methyl sites for hydroxylation is 1. The summed E-state index contributed by atoms with van der Waals surface area (Å²) in [6.45, 7) is 19.1. The highest BCUT2D eigenvalue weighted by Crippen LogP contribution is 2.55. The second kappa shape index (κ2) is 41.7. The summed E-state index contributed by atoms with van der Waals surface area (Å²) < 4.78 is 48.5. The molecule has 0 aromatic heterocycles. The number of fused-ring (bicyclic) bond motifs is 15. The number of nitrogens with zero attached hydrogens (tertiary/aromatic N) is 3. The Morgan fingerprint density at radius 2 is 1.07 bits per heavy atom. The van der Waals surface area contributed by atoms with E-state index in [0.717, 1.165) is 80.6 Å². The van der Waals surface area contributed by atoms with Crippen molar-refractivity contribution in [3.8, 4) is 74.4 Å². The Balaban J connectivity index is 0.959. The number of halogens is 1. The molecule has 0 radical (unpaired) electrons. The molecule has 4 saturated carbocycles. The Kier molecular flexibility index (Phi) is 31.1. The molecule has 6 aromatic rings. The fourth-order valence-corrected chi connectivity index (χ4v) is 17.7. The van der Waals surface area contributed by atoms with Crippen LogP contribution in [0.3, 0.4) is 0 Å². The van der Waals surface area contributed by atoms with Gasteiger partial charge in [0.25, 0.3) is 0 Å². The second-order valence-electron chi connectivity index (χ2n) is 38.4. The highest BCUT2D eigenvalue weighted by Gasteiger charge is 2.51. The normalized spacial score (nSPS) is 22.2. The van der Waals surface area contributed by atoms with Crippen molar-refractivity contribution in [3.63, 3.8) is 0 Å². The van der Waals surface area contributed by atoms with Crippen molar-refractivity contribution >= 4 is 88.9 Å². The molecule has 6 aromatic carbocycles. The summed E-state index contributed by atoms with van der Waals surface area (Å²) in [7, 11) is 5.85. The van der Waals surface area contributed by atoms with Gasteiger partial charge in [-0.2, -0.15) is 0 Å². The van der Waals surface area contributed by atoms with Gasteiger partial charge in [0.2, 0.25) is 58.8 Å². The number of aliphatic hydroxyl groups excluding tert-OH is 2. The SMILES string of the molecule is CN[C@H](CC(C)C)C(=O)N[C@H]1C(=O)N[C@@H](CC(=O)NC(=O)Nc2cc(OCCN(C)C(=O)OC(C)(C)C)c(OCCN(C)C(=O)OC(C)(C)C)c(OCCN(C)C(=O)OC(C)(C)C)c2)C(=O)N[C@H]2C(=O)N[C@H]3C(=O)N[C@H](C(=O)N[C@H](C(=O)NC4C5CC6CC(C5)CC4C6)c4cc(O)cc(O)c4-c4cc3ccc4O)[C@H](O)c3ccc(c(Cl)c3)Oc3cc2cc(c3O)Oc2ccc(cc2C)[C@H]1O. The highest BCUT2D eigenvalue weighted by atomic mass is 35.5. The predicted molar refractivity (Wildman–Crippen MR) is 489 cm³/mol. The molecule has 40 heteroatoms. The maximum absolute atomic E-state index is 16.4. The average Bonchev–Trinajstić information content (AvgIpc) is 0.753. The van der Waals surface area contributed by atoms with Crippen LogP contribution in [0.1, 0.15) is 185 Å². The molecule has 0 unspecified atom stereocenters. The van der Waals surface area contributed by atoms with Crippen molar-refractivity contribution in [2.45, 2.75) is 205 Å². The van der Waals surface area contributed by atoms with E-state index in [1.165, 1.54) is 92.3 Å². The number of aliphatic hydroxyl groups is 2. The predicted octanol–water partition coefficient (Wildman–Crippen LogP) is 9.51. The van der Waals surface area contributed by atoms with Crippen LogP contribution in [0.4, 0.5) is 24.9 Å². The molecular weight excluding hydrogens is 1770 g/mol. The summed E-state index contributed by atoms with van der Waals surface area (Å²) in [5, 5.41) is 99.3. The van der Waals surface area contributed by atoms with Crippen LogP contribution in [-0.4, -0.2) is 232 Å². The lowest BCUT2D eigenvalue weighted by atomic mass is 9.54. The number of nitrogens with one attached hydrogen (secondary N) is 10. The third-order valence-electron chi connectivity index (χ3n) is 23.8. The van der Waals surface area contributed by atoms with E-state index in [0.29, 0.717) is 11.8 Å². The van der Waals surface area contributed by atoms with E-state index in [4.69, 9.17) is 49.5 Å². The molecule has 9 atom stereocenters. The Morgan fingerprint density at radius 1 is 0.548 bits per heavy atom. The number of carbonyl (C=O) groups is 12. The number of aromatic hydroxyl groups is 4. The van der Waals surface area contributed by atoms with Crippen LogP contribution < -0.4 is 76.9 Å². The maximum atomic E-state index is 16.4. The minimum Gasteiger partial charge on any atom is -0.508 e. The van der Waals surface area contributed by atoms with Gasteiger partial charge < -0.3 is 131 Å². The Labute approximate surface area is 785 Å². The molecule has 9 aliphatic rings. The number of anilines is 1. The van der Waals surface area contributed by atoms with Crippen LogP contribution in [0.15, 0.2) is 91.0 Å². The van der Waals surface area contributed by atoms with Gasteiger partial charge in [-0.3, -0.25) is 43.7 Å². The molecule has 39 nitrogen and oxygen atoms in total. The van der Waals surface area contributed by atoms with Crippen LogP contribution in [0.25, 0.3) is 11.1 Å². The second-order valence-corrected chi connectivity index (χ2v) is 38.8. The largest absolute Gasteiger partial charge is 0.508 e. The van der Waals surface area contributed by atoms with Crippen molar-refractivity contribution in [2.75, 3.05) is 73.0 Å². The van der Waals surface area contributed by atoms with E-state index in [-0.39, 0.29) is 148 Å². The third-order valence-corrected chi connectivity index (χ3v) is 24.1. The van der Waals surface area contributed by atoms with E-state index in [2.05, 4.69) is 53.2 Å². The van der Waals surface area contributed by atoms with Gasteiger partial charge in [0.1, 0.15) is 114 Å². The number of likely N-dealkylation sites (N-methyl/N-ethyl adjacent to an activating group) is 4. The summed E-state index contributed by atoms with van der Waals surface area (Å²) in [4.78, 5) is 183. The van der Waals surface area contributed by atoms with Crippen LogP contribution in [0, 0.1) is 36.5 Å². The molecule has 13 amide bonds. The molecule has 728 valence electrons. The van der Waals surface area contributed by atoms with Crippen LogP contribution >= 0.6 is 11.6 Å². The number of amides is 13. The topological polar surface area (TPSA) is 530 Å². The molecule has 5 aliphatic heterocycles. The fraction of sp³-hybridized carbons (Fsp3) is 0.495. The van der Waals surface area contributed by atoms with Crippen molar-refractivity contribution in [1.82, 2.24) is 62.6 Å². The number of hydrogen-bond donors (Lipinski definition) is 16. The Morgan fingerprint density at radius 3 is 1.61 bits per heavy atom. The molecular formula is C95H120ClN13O26. The van der Waals surface area contributed by atoms with Gasteiger partial charge in [0, 0.05) is 56.5 Å². The van der Waals surface area contributed by atoms with Crippen molar-refractivity contribution < 1.29 is 126 Å². The van der Waals surface area contributed by atoms with Gasteiger partial charge in [-0.25, -0.2) is 19.2 Å².